The van der Waals surface area contributed by atoms with E-state index in [-0.39, 0.29) is 11.8 Å². The van der Waals surface area contributed by atoms with Crippen molar-refractivity contribution in [2.45, 2.75) is 19.4 Å². The van der Waals surface area contributed by atoms with Crippen LogP contribution in [0.5, 0.6) is 0 Å². The quantitative estimate of drug-likeness (QED) is 0.814. The Hall–Kier alpha value is -0.870. The Morgan fingerprint density at radius 2 is 2.60 bits per heavy atom. The molecule has 4 heteroatoms. The third kappa shape index (κ3) is 3.04. The maximum Gasteiger partial charge on any atom is 0.224 e. The fraction of sp³-hybridized carbons (Fsp3) is 0.545. The second kappa shape index (κ2) is 5.28. The van der Waals surface area contributed by atoms with Crippen LogP contribution in [0.25, 0.3) is 0 Å². The summed E-state index contributed by atoms with van der Waals surface area (Å²) >= 11 is 1.66. The molecule has 0 aromatic carbocycles. The minimum Gasteiger partial charge on any atom is -0.352 e. The van der Waals surface area contributed by atoms with E-state index >= 15 is 0 Å². The number of hydrogen-bond donors (Lipinski definition) is 2. The summed E-state index contributed by atoms with van der Waals surface area (Å²) in [7, 11) is 0. The highest BCUT2D eigenvalue weighted by atomic mass is 32.1. The first kappa shape index (κ1) is 10.6. The van der Waals surface area contributed by atoms with Crippen molar-refractivity contribution in [3.8, 4) is 0 Å². The summed E-state index contributed by atoms with van der Waals surface area (Å²) in [6, 6.07) is 2.05. The summed E-state index contributed by atoms with van der Waals surface area (Å²) in [5, 5.41) is 10.3. The molecule has 15 heavy (non-hydrogen) atoms. The van der Waals surface area contributed by atoms with E-state index < -0.39 is 0 Å². The van der Waals surface area contributed by atoms with Crippen LogP contribution in [0.3, 0.4) is 0 Å². The first-order valence-electron chi connectivity index (χ1n) is 5.36. The topological polar surface area (TPSA) is 41.1 Å². The molecular formula is C11H16N2OS. The molecule has 2 rings (SSSR count). The standard InChI is InChI=1S/C11H16N2OS/c14-11(10-2-1-4-12-7-10)13-6-9-3-5-15-8-9/h3,5,8,10,12H,1-2,4,6-7H2,(H,13,14)/t10-/m0/s1. The van der Waals surface area contributed by atoms with Gasteiger partial charge in [0.25, 0.3) is 0 Å². The molecule has 1 aliphatic heterocycles. The number of amides is 1. The van der Waals surface area contributed by atoms with Crippen molar-refractivity contribution in [2.24, 2.45) is 5.92 Å². The normalized spacial score (nSPS) is 21.2. The van der Waals surface area contributed by atoms with Crippen LogP contribution in [0.1, 0.15) is 18.4 Å². The first-order valence-corrected chi connectivity index (χ1v) is 6.30. The average molecular weight is 224 g/mol. The summed E-state index contributed by atoms with van der Waals surface area (Å²) < 4.78 is 0. The van der Waals surface area contributed by atoms with E-state index in [0.717, 1.165) is 25.9 Å². The molecule has 0 radical (unpaired) electrons. The van der Waals surface area contributed by atoms with E-state index in [1.54, 1.807) is 11.3 Å². The van der Waals surface area contributed by atoms with Crippen molar-refractivity contribution in [2.75, 3.05) is 13.1 Å². The van der Waals surface area contributed by atoms with Crippen molar-refractivity contribution < 1.29 is 4.79 Å². The Morgan fingerprint density at radius 1 is 1.67 bits per heavy atom. The fourth-order valence-corrected chi connectivity index (χ4v) is 2.47. The SMILES string of the molecule is O=C(NCc1ccsc1)[C@H]1CCCNC1. The Labute approximate surface area is 93.9 Å². The van der Waals surface area contributed by atoms with Crippen LogP contribution in [0.4, 0.5) is 0 Å². The molecule has 1 aromatic rings. The lowest BCUT2D eigenvalue weighted by atomic mass is 9.99. The number of nitrogens with one attached hydrogen (secondary N) is 2. The van der Waals surface area contributed by atoms with Gasteiger partial charge in [0.15, 0.2) is 0 Å². The van der Waals surface area contributed by atoms with Gasteiger partial charge in [0.1, 0.15) is 0 Å². The predicted octanol–water partition coefficient (Wildman–Crippen LogP) is 1.36. The highest BCUT2D eigenvalue weighted by Gasteiger charge is 2.20. The van der Waals surface area contributed by atoms with Crippen molar-refractivity contribution in [3.63, 3.8) is 0 Å². The van der Waals surface area contributed by atoms with Crippen LogP contribution in [0, 0.1) is 5.92 Å². The summed E-state index contributed by atoms with van der Waals surface area (Å²) in [6.07, 6.45) is 2.12. The molecule has 2 N–H and O–H groups in total. The van der Waals surface area contributed by atoms with Gasteiger partial charge in [-0.1, -0.05) is 0 Å². The average Bonchev–Trinajstić information content (AvgIpc) is 2.80. The van der Waals surface area contributed by atoms with E-state index in [9.17, 15) is 4.79 Å². The van der Waals surface area contributed by atoms with E-state index in [1.165, 1.54) is 5.56 Å². The molecule has 0 saturated carbocycles. The summed E-state index contributed by atoms with van der Waals surface area (Å²) in [4.78, 5) is 11.7. The van der Waals surface area contributed by atoms with Gasteiger partial charge in [-0.25, -0.2) is 0 Å². The molecule has 1 fully saturated rings. The van der Waals surface area contributed by atoms with E-state index in [1.807, 2.05) is 11.4 Å². The van der Waals surface area contributed by atoms with Gasteiger partial charge in [-0.2, -0.15) is 11.3 Å². The molecule has 0 aliphatic carbocycles. The van der Waals surface area contributed by atoms with Crippen molar-refractivity contribution in [1.29, 1.82) is 0 Å². The lowest BCUT2D eigenvalue weighted by Crippen LogP contribution is -2.40. The molecule has 3 nitrogen and oxygen atoms in total. The van der Waals surface area contributed by atoms with Crippen molar-refractivity contribution >= 4 is 17.2 Å². The van der Waals surface area contributed by atoms with Gasteiger partial charge in [-0.15, -0.1) is 0 Å². The van der Waals surface area contributed by atoms with Gasteiger partial charge < -0.3 is 10.6 Å². The van der Waals surface area contributed by atoms with E-state index in [0.29, 0.717) is 6.54 Å². The molecule has 0 bridgehead atoms. The second-order valence-corrected chi connectivity index (χ2v) is 4.67. The Morgan fingerprint density at radius 3 is 3.27 bits per heavy atom. The van der Waals surface area contributed by atoms with Gasteiger partial charge in [0, 0.05) is 13.1 Å². The molecule has 2 heterocycles. The summed E-state index contributed by atoms with van der Waals surface area (Å²) in [5.41, 5.74) is 1.19. The zero-order valence-electron chi connectivity index (χ0n) is 8.66. The predicted molar refractivity (Wildman–Crippen MR) is 61.8 cm³/mol. The van der Waals surface area contributed by atoms with Gasteiger partial charge in [0.2, 0.25) is 5.91 Å². The maximum absolute atomic E-state index is 11.7. The highest BCUT2D eigenvalue weighted by Crippen LogP contribution is 2.10. The number of carbonyl (C=O) groups excluding carboxylic acids is 1. The number of rotatable bonds is 3. The summed E-state index contributed by atoms with van der Waals surface area (Å²) in [6.45, 7) is 2.54. The lowest BCUT2D eigenvalue weighted by Gasteiger charge is -2.21. The van der Waals surface area contributed by atoms with Crippen LogP contribution in [0.2, 0.25) is 0 Å². The number of thiophene rings is 1. The minimum absolute atomic E-state index is 0.164. The van der Waals surface area contributed by atoms with Crippen molar-refractivity contribution in [3.05, 3.63) is 22.4 Å². The number of hydrogen-bond acceptors (Lipinski definition) is 3. The maximum atomic E-state index is 11.7. The summed E-state index contributed by atoms with van der Waals surface area (Å²) in [5.74, 6) is 0.353. The number of carbonyl (C=O) groups is 1. The Balaban J connectivity index is 1.76. The molecule has 1 saturated heterocycles. The van der Waals surface area contributed by atoms with Crippen LogP contribution >= 0.6 is 11.3 Å². The van der Waals surface area contributed by atoms with Crippen molar-refractivity contribution in [1.82, 2.24) is 10.6 Å². The Kier molecular flexibility index (Phi) is 3.75. The molecule has 1 amide bonds. The molecule has 0 unspecified atom stereocenters. The molecule has 1 aliphatic rings. The monoisotopic (exact) mass is 224 g/mol. The number of piperidine rings is 1. The molecule has 1 atom stereocenters. The Bertz CT molecular complexity index is 304. The smallest absolute Gasteiger partial charge is 0.224 e. The fourth-order valence-electron chi connectivity index (χ4n) is 1.80. The second-order valence-electron chi connectivity index (χ2n) is 3.89. The molecule has 1 aromatic heterocycles. The van der Waals surface area contributed by atoms with Crippen LogP contribution < -0.4 is 10.6 Å². The third-order valence-corrected chi connectivity index (χ3v) is 3.45. The largest absolute Gasteiger partial charge is 0.352 e. The minimum atomic E-state index is 0.164. The van der Waals surface area contributed by atoms with E-state index in [2.05, 4.69) is 16.0 Å². The zero-order chi connectivity index (χ0) is 10.5. The van der Waals surface area contributed by atoms with E-state index in [4.69, 9.17) is 0 Å². The molecule has 0 spiro atoms. The zero-order valence-corrected chi connectivity index (χ0v) is 9.48. The van der Waals surface area contributed by atoms with Crippen LogP contribution in [-0.4, -0.2) is 19.0 Å². The highest BCUT2D eigenvalue weighted by molar-refractivity contribution is 7.07. The molecular weight excluding hydrogens is 208 g/mol. The van der Waals surface area contributed by atoms with Crippen LogP contribution in [-0.2, 0) is 11.3 Å². The molecule has 82 valence electrons. The van der Waals surface area contributed by atoms with Gasteiger partial charge in [-0.3, -0.25) is 4.79 Å². The van der Waals surface area contributed by atoms with Gasteiger partial charge in [0.05, 0.1) is 5.92 Å². The van der Waals surface area contributed by atoms with Crippen LogP contribution in [0.15, 0.2) is 16.8 Å². The van der Waals surface area contributed by atoms with Gasteiger partial charge >= 0.3 is 0 Å². The first-order chi connectivity index (χ1) is 7.36. The van der Waals surface area contributed by atoms with Gasteiger partial charge in [-0.05, 0) is 41.8 Å². The lowest BCUT2D eigenvalue weighted by molar-refractivity contribution is -0.125. The third-order valence-electron chi connectivity index (χ3n) is 2.71.